The number of halogens is 1. The van der Waals surface area contributed by atoms with E-state index < -0.39 is 0 Å². The van der Waals surface area contributed by atoms with Crippen LogP contribution in [-0.4, -0.2) is 73.5 Å². The summed E-state index contributed by atoms with van der Waals surface area (Å²) in [5.41, 5.74) is 0.488. The van der Waals surface area contributed by atoms with Crippen LogP contribution in [0.3, 0.4) is 0 Å². The van der Waals surface area contributed by atoms with Gasteiger partial charge in [0.2, 0.25) is 11.7 Å². The molecule has 1 saturated heterocycles. The van der Waals surface area contributed by atoms with Gasteiger partial charge in [-0.1, -0.05) is 0 Å². The molecule has 0 saturated carbocycles. The first kappa shape index (κ1) is 23.1. The van der Waals surface area contributed by atoms with E-state index in [1.807, 2.05) is 20.8 Å². The summed E-state index contributed by atoms with van der Waals surface area (Å²) in [6.07, 6.45) is 1.12. The van der Waals surface area contributed by atoms with Gasteiger partial charge in [-0.2, -0.15) is 0 Å². The maximum atomic E-state index is 13.1. The highest BCUT2D eigenvalue weighted by molar-refractivity contribution is 6.17. The molecule has 0 bridgehead atoms. The Morgan fingerprint density at radius 3 is 1.90 bits per heavy atom. The SMILES string of the molecule is CCOc1cc(C(=O)N2CCN(C(=O)CCCCl)CC2)cc(OCC)c1OCC. The van der Waals surface area contributed by atoms with Crippen LogP contribution in [0.4, 0.5) is 0 Å². The zero-order valence-electron chi connectivity index (χ0n) is 17.5. The van der Waals surface area contributed by atoms with Crippen molar-refractivity contribution in [1.29, 1.82) is 0 Å². The number of benzene rings is 1. The van der Waals surface area contributed by atoms with Gasteiger partial charge in [0.1, 0.15) is 0 Å². The summed E-state index contributed by atoms with van der Waals surface area (Å²) in [6.45, 7) is 9.06. The molecule has 0 aliphatic carbocycles. The first-order valence-electron chi connectivity index (χ1n) is 10.2. The molecule has 0 N–H and O–H groups in total. The highest BCUT2D eigenvalue weighted by Crippen LogP contribution is 2.39. The molecule has 1 aromatic rings. The van der Waals surface area contributed by atoms with Gasteiger partial charge in [0, 0.05) is 44.0 Å². The lowest BCUT2D eigenvalue weighted by Crippen LogP contribution is -2.50. The number of hydrogen-bond donors (Lipinski definition) is 0. The molecule has 1 aliphatic rings. The van der Waals surface area contributed by atoms with Crippen molar-refractivity contribution in [3.63, 3.8) is 0 Å². The van der Waals surface area contributed by atoms with Crippen LogP contribution >= 0.6 is 11.6 Å². The van der Waals surface area contributed by atoms with Crippen LogP contribution < -0.4 is 14.2 Å². The number of piperazine rings is 1. The van der Waals surface area contributed by atoms with Gasteiger partial charge in [0.25, 0.3) is 5.91 Å². The van der Waals surface area contributed by atoms with Crippen molar-refractivity contribution in [2.24, 2.45) is 0 Å². The van der Waals surface area contributed by atoms with E-state index in [1.165, 1.54) is 0 Å². The summed E-state index contributed by atoms with van der Waals surface area (Å²) in [5, 5.41) is 0. The molecule has 1 aromatic carbocycles. The Kier molecular flexibility index (Phi) is 9.38. The van der Waals surface area contributed by atoms with Gasteiger partial charge in [0.05, 0.1) is 19.8 Å². The standard InChI is InChI=1S/C21H31ClN2O5/c1-4-27-17-14-16(15-18(28-5-2)20(17)29-6-3)21(26)24-12-10-23(11-13-24)19(25)8-7-9-22/h14-15H,4-13H2,1-3H3. The largest absolute Gasteiger partial charge is 0.490 e. The number of alkyl halides is 1. The molecule has 0 radical (unpaired) electrons. The van der Waals surface area contributed by atoms with Crippen molar-refractivity contribution in [2.45, 2.75) is 33.6 Å². The molecular formula is C21H31ClN2O5. The van der Waals surface area contributed by atoms with Gasteiger partial charge in [-0.25, -0.2) is 0 Å². The Morgan fingerprint density at radius 1 is 0.897 bits per heavy atom. The van der Waals surface area contributed by atoms with Crippen molar-refractivity contribution in [3.05, 3.63) is 17.7 Å². The monoisotopic (exact) mass is 426 g/mol. The molecule has 29 heavy (non-hydrogen) atoms. The molecule has 0 unspecified atom stereocenters. The highest BCUT2D eigenvalue weighted by atomic mass is 35.5. The summed E-state index contributed by atoms with van der Waals surface area (Å²) in [5.74, 6) is 1.98. The van der Waals surface area contributed by atoms with E-state index in [4.69, 9.17) is 25.8 Å². The third-order valence-corrected chi connectivity index (χ3v) is 4.87. The maximum absolute atomic E-state index is 13.1. The van der Waals surface area contributed by atoms with Crippen LogP contribution in [0.1, 0.15) is 44.0 Å². The van der Waals surface area contributed by atoms with Crippen LogP contribution in [-0.2, 0) is 4.79 Å². The fraction of sp³-hybridized carbons (Fsp3) is 0.619. The van der Waals surface area contributed by atoms with E-state index in [-0.39, 0.29) is 11.8 Å². The second kappa shape index (κ2) is 11.8. The fourth-order valence-corrected chi connectivity index (χ4v) is 3.36. The minimum atomic E-state index is -0.109. The summed E-state index contributed by atoms with van der Waals surface area (Å²) in [7, 11) is 0. The van der Waals surface area contributed by atoms with Crippen LogP contribution in [0.5, 0.6) is 17.2 Å². The number of carbonyl (C=O) groups excluding carboxylic acids is 2. The lowest BCUT2D eigenvalue weighted by molar-refractivity contribution is -0.132. The number of amides is 2. The molecule has 0 aromatic heterocycles. The topological polar surface area (TPSA) is 68.3 Å². The van der Waals surface area contributed by atoms with Gasteiger partial charge in [-0.3, -0.25) is 9.59 Å². The summed E-state index contributed by atoms with van der Waals surface area (Å²) < 4.78 is 17.1. The molecule has 8 heteroatoms. The maximum Gasteiger partial charge on any atom is 0.254 e. The average Bonchev–Trinajstić information content (AvgIpc) is 2.74. The minimum Gasteiger partial charge on any atom is -0.490 e. The summed E-state index contributed by atoms with van der Waals surface area (Å²) >= 11 is 5.67. The Hall–Kier alpha value is -2.15. The first-order valence-corrected chi connectivity index (χ1v) is 10.8. The Bertz CT molecular complexity index is 663. The lowest BCUT2D eigenvalue weighted by atomic mass is 10.1. The minimum absolute atomic E-state index is 0.0936. The molecule has 7 nitrogen and oxygen atoms in total. The molecule has 2 rings (SSSR count). The Labute approximate surface area is 177 Å². The van der Waals surface area contributed by atoms with E-state index in [9.17, 15) is 9.59 Å². The molecule has 0 atom stereocenters. The predicted molar refractivity (Wildman–Crippen MR) is 112 cm³/mol. The van der Waals surface area contributed by atoms with Gasteiger partial charge >= 0.3 is 0 Å². The molecular weight excluding hydrogens is 396 g/mol. The van der Waals surface area contributed by atoms with E-state index >= 15 is 0 Å². The molecule has 162 valence electrons. The molecule has 1 heterocycles. The number of nitrogens with zero attached hydrogens (tertiary/aromatic N) is 2. The van der Waals surface area contributed by atoms with E-state index in [2.05, 4.69) is 0 Å². The van der Waals surface area contributed by atoms with Gasteiger partial charge < -0.3 is 24.0 Å². The van der Waals surface area contributed by atoms with E-state index in [0.717, 1.165) is 0 Å². The second-order valence-corrected chi connectivity index (χ2v) is 6.94. The fourth-order valence-electron chi connectivity index (χ4n) is 3.23. The normalized spacial score (nSPS) is 13.9. The lowest BCUT2D eigenvalue weighted by Gasteiger charge is -2.35. The van der Waals surface area contributed by atoms with E-state index in [1.54, 1.807) is 21.9 Å². The molecule has 0 spiro atoms. The average molecular weight is 427 g/mol. The van der Waals surface area contributed by atoms with Gasteiger partial charge in [0.15, 0.2) is 11.5 Å². The Morgan fingerprint density at radius 2 is 1.41 bits per heavy atom. The van der Waals surface area contributed by atoms with Crippen molar-refractivity contribution < 1.29 is 23.8 Å². The zero-order valence-corrected chi connectivity index (χ0v) is 18.3. The van der Waals surface area contributed by atoms with Gasteiger partial charge in [-0.05, 0) is 39.3 Å². The number of carbonyl (C=O) groups is 2. The zero-order chi connectivity index (χ0) is 21.2. The predicted octanol–water partition coefficient (Wildman–Crippen LogP) is 3.19. The second-order valence-electron chi connectivity index (χ2n) is 6.57. The van der Waals surface area contributed by atoms with Crippen LogP contribution in [0.2, 0.25) is 0 Å². The third kappa shape index (κ3) is 6.16. The van der Waals surface area contributed by atoms with Crippen LogP contribution in [0.25, 0.3) is 0 Å². The van der Waals surface area contributed by atoms with Gasteiger partial charge in [-0.15, -0.1) is 11.6 Å². The molecule has 1 aliphatic heterocycles. The summed E-state index contributed by atoms with van der Waals surface area (Å²) in [4.78, 5) is 28.8. The van der Waals surface area contributed by atoms with Crippen LogP contribution in [0, 0.1) is 0 Å². The molecule has 1 fully saturated rings. The quantitative estimate of drug-likeness (QED) is 0.537. The number of rotatable bonds is 10. The van der Waals surface area contributed by atoms with Crippen molar-refractivity contribution >= 4 is 23.4 Å². The molecule has 2 amide bonds. The third-order valence-electron chi connectivity index (χ3n) is 4.60. The highest BCUT2D eigenvalue weighted by Gasteiger charge is 2.26. The Balaban J connectivity index is 2.15. The smallest absolute Gasteiger partial charge is 0.254 e. The van der Waals surface area contributed by atoms with E-state index in [0.29, 0.717) is 87.5 Å². The van der Waals surface area contributed by atoms with Crippen LogP contribution in [0.15, 0.2) is 12.1 Å². The number of hydrogen-bond acceptors (Lipinski definition) is 5. The van der Waals surface area contributed by atoms with Crippen molar-refractivity contribution in [1.82, 2.24) is 9.80 Å². The number of ether oxygens (including phenoxy) is 3. The van der Waals surface area contributed by atoms with Crippen molar-refractivity contribution in [2.75, 3.05) is 51.9 Å². The van der Waals surface area contributed by atoms with Crippen molar-refractivity contribution in [3.8, 4) is 17.2 Å². The first-order chi connectivity index (χ1) is 14.0. The summed E-state index contributed by atoms with van der Waals surface area (Å²) in [6, 6.07) is 3.41.